The Bertz CT molecular complexity index is 920. The van der Waals surface area contributed by atoms with Crippen LogP contribution < -0.4 is 5.32 Å². The number of fused-ring (bicyclic) bond motifs is 1. The number of nitrogens with zero attached hydrogens (tertiary/aromatic N) is 2. The highest BCUT2D eigenvalue weighted by Crippen LogP contribution is 2.61. The summed E-state index contributed by atoms with van der Waals surface area (Å²) in [5.74, 6) is -0.381. The quantitative estimate of drug-likeness (QED) is 0.578. The predicted octanol–water partition coefficient (Wildman–Crippen LogP) is 4.09. The second-order valence-corrected chi connectivity index (χ2v) is 11.9. The molecule has 1 aliphatic heterocycles. The van der Waals surface area contributed by atoms with Gasteiger partial charge in [0.05, 0.1) is 0 Å². The number of ketones is 1. The molecule has 2 saturated carbocycles. The number of likely N-dealkylation sites (N-methyl/N-ethyl adjacent to an activating group) is 1. The van der Waals surface area contributed by atoms with E-state index in [0.717, 1.165) is 38.8 Å². The molecule has 1 heterocycles. The monoisotopic (exact) mass is 471 g/mol. The first-order valence-corrected chi connectivity index (χ1v) is 12.7. The first-order valence-electron chi connectivity index (χ1n) is 12.7. The van der Waals surface area contributed by atoms with Crippen LogP contribution in [0.4, 0.5) is 4.79 Å². The van der Waals surface area contributed by atoms with Crippen molar-refractivity contribution in [2.45, 2.75) is 59.4 Å². The largest absolute Gasteiger partial charge is 0.508 e. The lowest BCUT2D eigenvalue weighted by molar-refractivity contribution is -0.0903. The van der Waals surface area contributed by atoms with Crippen LogP contribution in [0.25, 0.3) is 0 Å². The Labute approximate surface area is 203 Å². The number of benzene rings is 1. The zero-order chi connectivity index (χ0) is 24.8. The number of rotatable bonds is 3. The molecule has 0 spiro atoms. The summed E-state index contributed by atoms with van der Waals surface area (Å²) >= 11 is 0. The summed E-state index contributed by atoms with van der Waals surface area (Å²) in [6, 6.07) is 4.00. The maximum atomic E-state index is 14.0. The number of nitrogens with one attached hydrogen (secondary N) is 1. The number of hydrogen-bond donors (Lipinski definition) is 3. The fourth-order valence-electron chi connectivity index (χ4n) is 7.33. The lowest BCUT2D eigenvalue weighted by Crippen LogP contribution is -2.62. The number of phenolic OH excluding ortho intramolecular Hbond substituents is 2. The molecule has 2 aliphatic carbocycles. The average Bonchev–Trinajstić information content (AvgIpc) is 2.74. The van der Waals surface area contributed by atoms with E-state index >= 15 is 0 Å². The van der Waals surface area contributed by atoms with Crippen LogP contribution in [0.3, 0.4) is 0 Å². The highest BCUT2D eigenvalue weighted by Gasteiger charge is 2.58. The lowest BCUT2D eigenvalue weighted by Gasteiger charge is -2.60. The number of piperazine rings is 1. The van der Waals surface area contributed by atoms with Gasteiger partial charge in [-0.1, -0.05) is 34.1 Å². The van der Waals surface area contributed by atoms with Crippen molar-refractivity contribution < 1.29 is 19.8 Å². The van der Waals surface area contributed by atoms with Crippen molar-refractivity contribution in [2.75, 3.05) is 33.2 Å². The summed E-state index contributed by atoms with van der Waals surface area (Å²) in [5, 5.41) is 23.4. The summed E-state index contributed by atoms with van der Waals surface area (Å²) in [5.41, 5.74) is 0.182. The van der Waals surface area contributed by atoms with Crippen LogP contribution in [-0.4, -0.2) is 71.1 Å². The van der Waals surface area contributed by atoms with Gasteiger partial charge in [-0.2, -0.15) is 0 Å². The number of Topliss-reactive ketones (excluding diaryl/α,β-unsaturated/α-hetero) is 1. The second-order valence-electron chi connectivity index (χ2n) is 11.9. The normalized spacial score (nSPS) is 33.7. The minimum Gasteiger partial charge on any atom is -0.508 e. The molecule has 0 bridgehead atoms. The fraction of sp³-hybridized carbons (Fsp3) is 0.704. The van der Waals surface area contributed by atoms with E-state index in [-0.39, 0.29) is 57.9 Å². The number of aromatic hydroxyl groups is 2. The minimum absolute atomic E-state index is 0.0385. The summed E-state index contributed by atoms with van der Waals surface area (Å²) in [6.45, 7) is 12.1. The summed E-state index contributed by atoms with van der Waals surface area (Å²) in [7, 11) is 2.07. The molecule has 3 aliphatic rings. The van der Waals surface area contributed by atoms with Crippen LogP contribution in [-0.2, 0) is 0 Å². The number of amides is 2. The zero-order valence-electron chi connectivity index (χ0n) is 21.3. The van der Waals surface area contributed by atoms with E-state index in [0.29, 0.717) is 18.7 Å². The third-order valence-corrected chi connectivity index (χ3v) is 9.21. The average molecular weight is 472 g/mol. The van der Waals surface area contributed by atoms with Gasteiger partial charge in [0, 0.05) is 49.8 Å². The highest BCUT2D eigenvalue weighted by atomic mass is 16.3. The zero-order valence-corrected chi connectivity index (χ0v) is 21.3. The molecule has 1 saturated heterocycles. The van der Waals surface area contributed by atoms with Gasteiger partial charge in [0.25, 0.3) is 0 Å². The van der Waals surface area contributed by atoms with Crippen molar-refractivity contribution >= 4 is 11.8 Å². The van der Waals surface area contributed by atoms with E-state index in [1.54, 1.807) is 0 Å². The van der Waals surface area contributed by atoms with Gasteiger partial charge in [-0.05, 0) is 61.1 Å². The molecule has 4 rings (SSSR count). The van der Waals surface area contributed by atoms with Gasteiger partial charge < -0.3 is 25.3 Å². The molecule has 188 valence electrons. The van der Waals surface area contributed by atoms with Gasteiger partial charge in [-0.3, -0.25) is 4.79 Å². The van der Waals surface area contributed by atoms with Crippen LogP contribution in [0.15, 0.2) is 18.2 Å². The number of carbonyl (C=O) groups is 2. The van der Waals surface area contributed by atoms with Crippen molar-refractivity contribution in [3.05, 3.63) is 23.8 Å². The van der Waals surface area contributed by atoms with Crippen LogP contribution in [0.5, 0.6) is 11.5 Å². The molecule has 0 radical (unpaired) electrons. The van der Waals surface area contributed by atoms with Crippen molar-refractivity contribution in [3.8, 4) is 11.5 Å². The van der Waals surface area contributed by atoms with E-state index in [1.807, 2.05) is 4.90 Å². The van der Waals surface area contributed by atoms with Crippen molar-refractivity contribution in [1.82, 2.24) is 15.1 Å². The first kappa shape index (κ1) is 24.8. The molecule has 2 amide bonds. The standard InChI is InChI=1S/C27H41N3O4/c1-17-21(28-25(34)30-11-9-29(5)10-12-30)16-22-26(2,3)7-6-8-27(22,4)23(17)24(33)18-13-19(31)15-20(32)14-18/h13-15,17,21-23,31-32H,6-12,16H2,1-5H3,(H,28,34)/t17-,21-,22+,23-,27+/m1/s1. The number of carbonyl (C=O) groups excluding carboxylic acids is 2. The molecule has 5 atom stereocenters. The smallest absolute Gasteiger partial charge is 0.317 e. The van der Waals surface area contributed by atoms with E-state index in [9.17, 15) is 19.8 Å². The van der Waals surface area contributed by atoms with Crippen molar-refractivity contribution in [1.29, 1.82) is 0 Å². The molecule has 3 N–H and O–H groups in total. The Kier molecular flexibility index (Phi) is 6.62. The molecule has 0 aromatic heterocycles. The molecular weight excluding hydrogens is 430 g/mol. The predicted molar refractivity (Wildman–Crippen MR) is 132 cm³/mol. The molecule has 0 unspecified atom stereocenters. The van der Waals surface area contributed by atoms with Gasteiger partial charge in [0.15, 0.2) is 5.78 Å². The summed E-state index contributed by atoms with van der Waals surface area (Å²) < 4.78 is 0. The highest BCUT2D eigenvalue weighted by molar-refractivity contribution is 5.99. The maximum Gasteiger partial charge on any atom is 0.317 e. The van der Waals surface area contributed by atoms with E-state index in [1.165, 1.54) is 18.2 Å². The van der Waals surface area contributed by atoms with Gasteiger partial charge in [0.2, 0.25) is 0 Å². The number of urea groups is 1. The molecule has 34 heavy (non-hydrogen) atoms. The Morgan fingerprint density at radius 1 is 1.00 bits per heavy atom. The van der Waals surface area contributed by atoms with Gasteiger partial charge >= 0.3 is 6.03 Å². The molecule has 3 fully saturated rings. The topological polar surface area (TPSA) is 93.1 Å². The van der Waals surface area contributed by atoms with Crippen molar-refractivity contribution in [3.63, 3.8) is 0 Å². The Hall–Kier alpha value is -2.28. The van der Waals surface area contributed by atoms with Gasteiger partial charge in [0.1, 0.15) is 11.5 Å². The maximum absolute atomic E-state index is 14.0. The Morgan fingerprint density at radius 3 is 2.24 bits per heavy atom. The number of hydrogen-bond acceptors (Lipinski definition) is 5. The van der Waals surface area contributed by atoms with Gasteiger partial charge in [-0.15, -0.1) is 0 Å². The fourth-order valence-corrected chi connectivity index (χ4v) is 7.33. The molecule has 7 heteroatoms. The molecule has 1 aromatic rings. The second kappa shape index (κ2) is 9.06. The van der Waals surface area contributed by atoms with Crippen LogP contribution in [0.1, 0.15) is 63.7 Å². The third kappa shape index (κ3) is 4.51. The van der Waals surface area contributed by atoms with E-state index < -0.39 is 0 Å². The number of phenols is 2. The SMILES string of the molecule is C[C@@H]1[C@H](NC(=O)N2CCN(C)CC2)C[C@H]2C(C)(C)CCC[C@]2(C)[C@H]1C(=O)c1cc(O)cc(O)c1. The Balaban J connectivity index is 1.66. The minimum atomic E-state index is -0.315. The summed E-state index contributed by atoms with van der Waals surface area (Å²) in [4.78, 5) is 31.3. The molecule has 7 nitrogen and oxygen atoms in total. The Morgan fingerprint density at radius 2 is 1.62 bits per heavy atom. The van der Waals surface area contributed by atoms with Crippen molar-refractivity contribution in [2.24, 2.45) is 28.6 Å². The van der Waals surface area contributed by atoms with Gasteiger partial charge in [-0.25, -0.2) is 4.79 Å². The first-order chi connectivity index (χ1) is 15.9. The molecule has 1 aromatic carbocycles. The lowest BCUT2D eigenvalue weighted by atomic mass is 9.45. The van der Waals surface area contributed by atoms with E-state index in [4.69, 9.17) is 0 Å². The van der Waals surface area contributed by atoms with Crippen LogP contribution in [0, 0.1) is 28.6 Å². The van der Waals surface area contributed by atoms with Crippen LogP contribution in [0.2, 0.25) is 0 Å². The molecular formula is C27H41N3O4. The van der Waals surface area contributed by atoms with E-state index in [2.05, 4.69) is 45.0 Å². The van der Waals surface area contributed by atoms with Crippen LogP contribution >= 0.6 is 0 Å². The summed E-state index contributed by atoms with van der Waals surface area (Å²) in [6.07, 6.45) is 4.00. The third-order valence-electron chi connectivity index (χ3n) is 9.21.